The van der Waals surface area contributed by atoms with Crippen LogP contribution in [0.3, 0.4) is 0 Å². The van der Waals surface area contributed by atoms with E-state index in [1.807, 2.05) is 24.3 Å². The first-order valence-electron chi connectivity index (χ1n) is 11.6. The zero-order valence-electron chi connectivity index (χ0n) is 20.7. The van der Waals surface area contributed by atoms with Gasteiger partial charge in [0.05, 0.1) is 47.4 Å². The van der Waals surface area contributed by atoms with Gasteiger partial charge in [-0.05, 0) is 43.2 Å². The molecule has 0 spiro atoms. The maximum atomic E-state index is 12.5. The number of carbonyl (C=O) groups is 1. The van der Waals surface area contributed by atoms with Gasteiger partial charge < -0.3 is 38.1 Å². The van der Waals surface area contributed by atoms with E-state index in [2.05, 4.69) is 6.92 Å². The second-order valence-electron chi connectivity index (χ2n) is 8.99. The number of hydrogen-bond donors (Lipinski definition) is 2. The SMILES string of the molecule is CCCCCCOc1cccc(OCCCCOP(O)(=S)O[C@H](CC(=O)O)C([O-])[N+](C)(C)C)c1. The number of nitrogens with zero attached hydrogens (tertiary/aromatic N) is 1. The predicted molar refractivity (Wildman–Crippen MR) is 132 cm³/mol. The standard InChI is InChI=1S/C23H40NO8PS/c1-5-6-7-8-14-29-19-12-11-13-20(17-19)30-15-9-10-16-31-33(28,34)32-21(18-22(25)26)23(27)24(2,3)4/h11-13,17,21,23H,5-10,14-16,18H2,1-4H3,(H,25,26)(H,28,34)/t21-,23?,33?/m1/s1. The molecule has 0 heterocycles. The third-order valence-corrected chi connectivity index (χ3v) is 6.48. The normalized spacial score (nSPS) is 15.4. The highest BCUT2D eigenvalue weighted by Crippen LogP contribution is 2.46. The Morgan fingerprint density at radius 3 is 2.15 bits per heavy atom. The van der Waals surface area contributed by atoms with E-state index in [0.717, 1.165) is 18.6 Å². The molecule has 9 nitrogen and oxygen atoms in total. The summed E-state index contributed by atoms with van der Waals surface area (Å²) in [5.74, 6) is 0.273. The number of likely N-dealkylation sites (N-methyl/N-ethyl adjacent to an activating group) is 1. The Labute approximate surface area is 208 Å². The molecule has 0 aliphatic heterocycles. The Hall–Kier alpha value is -1.26. The van der Waals surface area contributed by atoms with E-state index in [1.54, 1.807) is 21.1 Å². The second-order valence-corrected chi connectivity index (χ2v) is 11.8. The fraction of sp³-hybridized carbons (Fsp3) is 0.696. The molecular weight excluding hydrogens is 481 g/mol. The number of rotatable bonds is 19. The van der Waals surface area contributed by atoms with Gasteiger partial charge in [0.1, 0.15) is 17.6 Å². The molecule has 0 aliphatic carbocycles. The zero-order valence-corrected chi connectivity index (χ0v) is 22.4. The highest BCUT2D eigenvalue weighted by atomic mass is 32.5. The molecule has 0 aliphatic rings. The van der Waals surface area contributed by atoms with E-state index >= 15 is 0 Å². The number of carboxylic acid groups (broad SMARTS) is 1. The highest BCUT2D eigenvalue weighted by molar-refractivity contribution is 8.07. The molecule has 34 heavy (non-hydrogen) atoms. The van der Waals surface area contributed by atoms with Gasteiger partial charge in [-0.25, -0.2) is 0 Å². The lowest BCUT2D eigenvalue weighted by molar-refractivity contribution is -0.973. The molecule has 0 aromatic heterocycles. The van der Waals surface area contributed by atoms with Gasteiger partial charge in [-0.1, -0.05) is 32.3 Å². The topological polar surface area (TPSA) is 118 Å². The van der Waals surface area contributed by atoms with E-state index in [4.69, 9.17) is 35.4 Å². The van der Waals surface area contributed by atoms with E-state index in [9.17, 15) is 14.8 Å². The van der Waals surface area contributed by atoms with E-state index in [-0.39, 0.29) is 11.1 Å². The summed E-state index contributed by atoms with van der Waals surface area (Å²) in [5.41, 5.74) is 0. The van der Waals surface area contributed by atoms with Gasteiger partial charge in [-0.3, -0.25) is 4.79 Å². The molecule has 0 fully saturated rings. The van der Waals surface area contributed by atoms with Crippen molar-refractivity contribution in [3.63, 3.8) is 0 Å². The molecule has 196 valence electrons. The molecule has 1 aromatic carbocycles. The van der Waals surface area contributed by atoms with Crippen LogP contribution in [-0.2, 0) is 25.6 Å². The second kappa shape index (κ2) is 15.7. The van der Waals surface area contributed by atoms with Crippen molar-refractivity contribution < 1.29 is 42.9 Å². The van der Waals surface area contributed by atoms with Gasteiger partial charge in [-0.15, -0.1) is 0 Å². The van der Waals surface area contributed by atoms with Crippen LogP contribution in [0.25, 0.3) is 0 Å². The molecule has 2 N–H and O–H groups in total. The predicted octanol–water partition coefficient (Wildman–Crippen LogP) is 3.29. The van der Waals surface area contributed by atoms with Crippen molar-refractivity contribution >= 4 is 24.5 Å². The average molecular weight is 522 g/mol. The average Bonchev–Trinajstić information content (AvgIpc) is 2.74. The van der Waals surface area contributed by atoms with Gasteiger partial charge >= 0.3 is 12.7 Å². The summed E-state index contributed by atoms with van der Waals surface area (Å²) in [5, 5.41) is 21.6. The monoisotopic (exact) mass is 521 g/mol. The molecule has 2 unspecified atom stereocenters. The van der Waals surface area contributed by atoms with Crippen molar-refractivity contribution in [2.45, 2.75) is 64.2 Å². The molecule has 11 heteroatoms. The summed E-state index contributed by atoms with van der Waals surface area (Å²) in [6.45, 7) is -0.359. The third-order valence-electron chi connectivity index (χ3n) is 4.86. The lowest BCUT2D eigenvalue weighted by Gasteiger charge is -2.43. The minimum atomic E-state index is -3.76. The summed E-state index contributed by atoms with van der Waals surface area (Å²) < 4.78 is 22.0. The third kappa shape index (κ3) is 13.6. The Kier molecular flexibility index (Phi) is 14.2. The molecule has 0 saturated heterocycles. The number of unbranched alkanes of at least 4 members (excludes halogenated alkanes) is 4. The lowest BCUT2D eigenvalue weighted by atomic mass is 10.2. The minimum absolute atomic E-state index is 0.0876. The molecule has 1 aromatic rings. The number of hydrogen-bond acceptors (Lipinski definition) is 7. The van der Waals surface area contributed by atoms with Crippen molar-refractivity contribution in [1.29, 1.82) is 0 Å². The van der Waals surface area contributed by atoms with Crippen molar-refractivity contribution in [1.82, 2.24) is 0 Å². The van der Waals surface area contributed by atoms with Crippen LogP contribution in [0.4, 0.5) is 0 Å². The van der Waals surface area contributed by atoms with Gasteiger partial charge in [0.15, 0.2) is 0 Å². The van der Waals surface area contributed by atoms with Crippen LogP contribution >= 0.6 is 6.72 Å². The van der Waals surface area contributed by atoms with Gasteiger partial charge in [0, 0.05) is 12.3 Å². The number of carboxylic acids is 1. The molecule has 3 atom stereocenters. The van der Waals surface area contributed by atoms with Crippen molar-refractivity contribution in [3.05, 3.63) is 24.3 Å². The minimum Gasteiger partial charge on any atom is -0.804 e. The summed E-state index contributed by atoms with van der Waals surface area (Å²) in [6, 6.07) is 7.49. The molecular formula is C23H40NO8PS. The van der Waals surface area contributed by atoms with Crippen molar-refractivity contribution in [2.75, 3.05) is 41.0 Å². The first-order valence-corrected chi connectivity index (χ1v) is 14.2. The summed E-state index contributed by atoms with van der Waals surface area (Å²) in [7, 11) is 4.85. The van der Waals surface area contributed by atoms with Crippen LogP contribution in [0.1, 0.15) is 51.9 Å². The Morgan fingerprint density at radius 2 is 1.62 bits per heavy atom. The van der Waals surface area contributed by atoms with Crippen molar-refractivity contribution in [2.24, 2.45) is 0 Å². The fourth-order valence-electron chi connectivity index (χ4n) is 3.01. The molecule has 0 saturated carbocycles. The van der Waals surface area contributed by atoms with E-state index in [0.29, 0.717) is 31.8 Å². The largest absolute Gasteiger partial charge is 0.804 e. The molecule has 0 bridgehead atoms. The Morgan fingerprint density at radius 1 is 1.06 bits per heavy atom. The molecule has 0 radical (unpaired) electrons. The quantitative estimate of drug-likeness (QED) is 0.122. The van der Waals surface area contributed by atoms with Gasteiger partial charge in [0.2, 0.25) is 0 Å². The summed E-state index contributed by atoms with van der Waals surface area (Å²) in [6.07, 6.45) is 2.45. The smallest absolute Gasteiger partial charge is 0.324 e. The van der Waals surface area contributed by atoms with Crippen LogP contribution in [0.2, 0.25) is 0 Å². The van der Waals surface area contributed by atoms with Crippen LogP contribution in [-0.4, -0.2) is 73.7 Å². The Balaban J connectivity index is 2.36. The summed E-state index contributed by atoms with van der Waals surface area (Å²) >= 11 is 4.98. The summed E-state index contributed by atoms with van der Waals surface area (Å²) in [4.78, 5) is 21.4. The highest BCUT2D eigenvalue weighted by Gasteiger charge is 2.31. The number of ether oxygens (including phenoxy) is 2. The number of benzene rings is 1. The van der Waals surface area contributed by atoms with Gasteiger partial charge in [-0.2, -0.15) is 0 Å². The van der Waals surface area contributed by atoms with E-state index in [1.165, 1.54) is 12.8 Å². The zero-order chi connectivity index (χ0) is 25.6. The fourth-order valence-corrected chi connectivity index (χ4v) is 4.51. The number of aliphatic carboxylic acids is 1. The first-order chi connectivity index (χ1) is 15.9. The molecule has 0 amide bonds. The van der Waals surface area contributed by atoms with Gasteiger partial charge in [0.25, 0.3) is 0 Å². The van der Waals surface area contributed by atoms with Crippen LogP contribution in [0.5, 0.6) is 11.5 Å². The van der Waals surface area contributed by atoms with Crippen LogP contribution in [0.15, 0.2) is 24.3 Å². The Bertz CT molecular complexity index is 774. The molecule has 1 rings (SSSR count). The maximum Gasteiger partial charge on any atom is 0.324 e. The van der Waals surface area contributed by atoms with E-state index < -0.39 is 31.4 Å². The van der Waals surface area contributed by atoms with Crippen LogP contribution < -0.4 is 14.6 Å². The maximum absolute atomic E-state index is 12.5. The van der Waals surface area contributed by atoms with Crippen LogP contribution in [0, 0.1) is 0 Å². The lowest BCUT2D eigenvalue weighted by Crippen LogP contribution is -2.60. The first kappa shape index (κ1) is 30.8. The number of quaternary nitrogens is 1. The van der Waals surface area contributed by atoms with Crippen molar-refractivity contribution in [3.8, 4) is 11.5 Å².